The first kappa shape index (κ1) is 22.4. The quantitative estimate of drug-likeness (QED) is 0.276. The second-order valence-electron chi connectivity index (χ2n) is 8.31. The Morgan fingerprint density at radius 1 is 0.972 bits per heavy atom. The maximum atomic E-state index is 13.5. The van der Waals surface area contributed by atoms with Gasteiger partial charge in [-0.1, -0.05) is 24.3 Å². The molecule has 1 unspecified atom stereocenters. The molecule has 3 aromatic heterocycles. The first-order valence-electron chi connectivity index (χ1n) is 11.3. The van der Waals surface area contributed by atoms with Gasteiger partial charge in [-0.05, 0) is 59.3 Å². The second kappa shape index (κ2) is 9.18. The van der Waals surface area contributed by atoms with E-state index in [0.29, 0.717) is 22.0 Å². The zero-order valence-corrected chi connectivity index (χ0v) is 20.5. The summed E-state index contributed by atoms with van der Waals surface area (Å²) in [5.74, 6) is -0.535. The number of thiophene rings is 2. The van der Waals surface area contributed by atoms with Crippen molar-refractivity contribution in [2.75, 3.05) is 4.90 Å². The Morgan fingerprint density at radius 2 is 1.75 bits per heavy atom. The van der Waals surface area contributed by atoms with Gasteiger partial charge in [0.15, 0.2) is 5.58 Å². The Kier molecular flexibility index (Phi) is 5.71. The van der Waals surface area contributed by atoms with E-state index >= 15 is 0 Å². The molecule has 0 radical (unpaired) electrons. The minimum Gasteiger partial charge on any atom is -0.436 e. The van der Waals surface area contributed by atoms with Crippen LogP contribution in [0.5, 0.6) is 0 Å². The second-order valence-corrected chi connectivity index (χ2v) is 10.3. The van der Waals surface area contributed by atoms with Crippen molar-refractivity contribution < 1.29 is 18.8 Å². The monoisotopic (exact) mass is 513 g/mol. The summed E-state index contributed by atoms with van der Waals surface area (Å²) < 4.78 is 5.82. The van der Waals surface area contributed by atoms with Crippen LogP contribution in [0.3, 0.4) is 0 Å². The molecule has 178 valence electrons. The average Bonchev–Trinajstić information content (AvgIpc) is 3.70. The van der Waals surface area contributed by atoms with E-state index in [1.807, 2.05) is 47.2 Å². The summed E-state index contributed by atoms with van der Waals surface area (Å²) in [6.45, 7) is 0.266. The van der Waals surface area contributed by atoms with Gasteiger partial charge in [-0.25, -0.2) is 9.88 Å². The van der Waals surface area contributed by atoms with Gasteiger partial charge in [-0.3, -0.25) is 14.4 Å². The number of rotatable bonds is 6. The van der Waals surface area contributed by atoms with Crippen molar-refractivity contribution in [2.45, 2.75) is 19.0 Å². The number of carbonyl (C=O) groups is 3. The summed E-state index contributed by atoms with van der Waals surface area (Å²) in [4.78, 5) is 48.5. The van der Waals surface area contributed by atoms with Gasteiger partial charge >= 0.3 is 0 Å². The highest BCUT2D eigenvalue weighted by Crippen LogP contribution is 2.31. The topological polar surface area (TPSA) is 83.7 Å². The molecule has 1 aliphatic heterocycles. The van der Waals surface area contributed by atoms with Crippen LogP contribution in [0, 0.1) is 0 Å². The molecule has 9 heteroatoms. The lowest BCUT2D eigenvalue weighted by atomic mass is 10.2. The number of benzene rings is 2. The molecule has 2 aromatic carbocycles. The molecule has 5 aromatic rings. The number of carbonyl (C=O) groups excluding carboxylic acids is 3. The summed E-state index contributed by atoms with van der Waals surface area (Å²) in [7, 11) is 0. The molecular weight excluding hydrogens is 494 g/mol. The number of imide groups is 1. The third-order valence-electron chi connectivity index (χ3n) is 6.06. The van der Waals surface area contributed by atoms with Gasteiger partial charge in [0.05, 0.1) is 23.5 Å². The van der Waals surface area contributed by atoms with Gasteiger partial charge in [0.25, 0.3) is 11.8 Å². The molecule has 1 fully saturated rings. The van der Waals surface area contributed by atoms with Crippen molar-refractivity contribution in [3.63, 3.8) is 0 Å². The fourth-order valence-electron chi connectivity index (χ4n) is 4.32. The highest BCUT2D eigenvalue weighted by atomic mass is 32.1. The standard InChI is InChI=1S/C27H19N3O4S2/c31-24-15-21(29(16-19-5-3-13-35-19)27(33)23-8-4-14-36-23)26(32)30(24)18-11-9-17(10-12-18)25-28-20-6-1-2-7-22(20)34-25/h1-14,21H,15-16H2. The number of oxazole rings is 1. The Morgan fingerprint density at radius 3 is 2.47 bits per heavy atom. The highest BCUT2D eigenvalue weighted by molar-refractivity contribution is 7.12. The first-order chi connectivity index (χ1) is 17.6. The predicted octanol–water partition coefficient (Wildman–Crippen LogP) is 5.59. The lowest BCUT2D eigenvalue weighted by molar-refractivity contribution is -0.122. The summed E-state index contributed by atoms with van der Waals surface area (Å²) in [6, 6.07) is 20.9. The molecule has 1 saturated heterocycles. The first-order valence-corrected chi connectivity index (χ1v) is 13.0. The largest absolute Gasteiger partial charge is 0.436 e. The SMILES string of the molecule is O=C1CC(N(Cc2cccs2)C(=O)c2cccs2)C(=O)N1c1ccc(-c2nc3ccccc3o2)cc1. The molecular formula is C27H19N3O4S2. The minimum atomic E-state index is -0.870. The summed E-state index contributed by atoms with van der Waals surface area (Å²) in [5, 5.41) is 3.75. The van der Waals surface area contributed by atoms with Gasteiger partial charge in [0.1, 0.15) is 11.6 Å². The third-order valence-corrected chi connectivity index (χ3v) is 7.78. The van der Waals surface area contributed by atoms with E-state index in [9.17, 15) is 14.4 Å². The third kappa shape index (κ3) is 4.02. The maximum absolute atomic E-state index is 13.5. The molecule has 1 atom stereocenters. The van der Waals surface area contributed by atoms with E-state index in [1.165, 1.54) is 32.5 Å². The molecule has 4 heterocycles. The van der Waals surface area contributed by atoms with Crippen molar-refractivity contribution >= 4 is 57.2 Å². The van der Waals surface area contributed by atoms with Crippen LogP contribution in [0.2, 0.25) is 0 Å². The van der Waals surface area contributed by atoms with Crippen molar-refractivity contribution in [1.82, 2.24) is 9.88 Å². The number of para-hydroxylation sites is 2. The van der Waals surface area contributed by atoms with Crippen LogP contribution < -0.4 is 4.90 Å². The van der Waals surface area contributed by atoms with Crippen molar-refractivity contribution in [2.24, 2.45) is 0 Å². The molecule has 0 saturated carbocycles. The number of hydrogen-bond donors (Lipinski definition) is 0. The molecule has 0 spiro atoms. The molecule has 0 aliphatic carbocycles. The Labute approximate surface area is 214 Å². The van der Waals surface area contributed by atoms with Crippen LogP contribution in [-0.2, 0) is 16.1 Å². The summed E-state index contributed by atoms with van der Waals surface area (Å²) in [5.41, 5.74) is 2.63. The maximum Gasteiger partial charge on any atom is 0.264 e. The van der Waals surface area contributed by atoms with Crippen LogP contribution in [0.15, 0.2) is 88.0 Å². The number of anilines is 1. The smallest absolute Gasteiger partial charge is 0.264 e. The Bertz CT molecular complexity index is 1520. The van der Waals surface area contributed by atoms with Gasteiger partial charge in [0.2, 0.25) is 11.8 Å². The van der Waals surface area contributed by atoms with E-state index in [-0.39, 0.29) is 24.8 Å². The van der Waals surface area contributed by atoms with Crippen LogP contribution in [0.1, 0.15) is 21.0 Å². The zero-order valence-electron chi connectivity index (χ0n) is 18.9. The summed E-state index contributed by atoms with van der Waals surface area (Å²) >= 11 is 2.83. The Hall–Kier alpha value is -4.08. The minimum absolute atomic E-state index is 0.0613. The van der Waals surface area contributed by atoms with Crippen LogP contribution in [0.4, 0.5) is 5.69 Å². The van der Waals surface area contributed by atoms with Crippen LogP contribution in [0.25, 0.3) is 22.6 Å². The van der Waals surface area contributed by atoms with E-state index < -0.39 is 11.9 Å². The number of nitrogens with zero attached hydrogens (tertiary/aromatic N) is 3. The number of hydrogen-bond acceptors (Lipinski definition) is 7. The van der Waals surface area contributed by atoms with Gasteiger partial charge in [0, 0.05) is 10.4 Å². The number of aromatic nitrogens is 1. The molecule has 3 amide bonds. The summed E-state index contributed by atoms with van der Waals surface area (Å²) in [6.07, 6.45) is -0.0613. The van der Waals surface area contributed by atoms with E-state index in [2.05, 4.69) is 4.98 Å². The van der Waals surface area contributed by atoms with Crippen LogP contribution in [-0.4, -0.2) is 33.6 Å². The highest BCUT2D eigenvalue weighted by Gasteiger charge is 2.44. The molecule has 0 N–H and O–H groups in total. The zero-order chi connectivity index (χ0) is 24.6. The van der Waals surface area contributed by atoms with Crippen molar-refractivity contribution in [1.29, 1.82) is 0 Å². The number of fused-ring (bicyclic) bond motifs is 1. The van der Waals surface area contributed by atoms with Gasteiger partial charge < -0.3 is 9.32 Å². The van der Waals surface area contributed by atoms with Gasteiger partial charge in [-0.15, -0.1) is 22.7 Å². The normalized spacial score (nSPS) is 15.7. The molecule has 36 heavy (non-hydrogen) atoms. The molecule has 0 bridgehead atoms. The van der Waals surface area contributed by atoms with E-state index in [0.717, 1.165) is 16.0 Å². The molecule has 6 rings (SSSR count). The van der Waals surface area contributed by atoms with Gasteiger partial charge in [-0.2, -0.15) is 0 Å². The van der Waals surface area contributed by atoms with Crippen molar-refractivity contribution in [3.05, 3.63) is 93.3 Å². The molecule has 7 nitrogen and oxygen atoms in total. The lowest BCUT2D eigenvalue weighted by Crippen LogP contribution is -2.44. The van der Waals surface area contributed by atoms with E-state index in [1.54, 1.807) is 36.4 Å². The lowest BCUT2D eigenvalue weighted by Gasteiger charge is -2.27. The van der Waals surface area contributed by atoms with Crippen molar-refractivity contribution in [3.8, 4) is 11.5 Å². The predicted molar refractivity (Wildman–Crippen MR) is 139 cm³/mol. The molecule has 1 aliphatic rings. The fraction of sp³-hybridized carbons (Fsp3) is 0.111. The van der Waals surface area contributed by atoms with Crippen LogP contribution >= 0.6 is 22.7 Å². The Balaban J connectivity index is 1.27. The average molecular weight is 514 g/mol. The fourth-order valence-corrected chi connectivity index (χ4v) is 5.70. The number of amides is 3. The van der Waals surface area contributed by atoms with E-state index in [4.69, 9.17) is 4.42 Å².